The monoisotopic (exact) mass is 310 g/mol. The summed E-state index contributed by atoms with van der Waals surface area (Å²) in [4.78, 5) is 11.7. The Morgan fingerprint density at radius 1 is 1.33 bits per heavy atom. The molecule has 2 rings (SSSR count). The molecule has 1 aliphatic heterocycles. The van der Waals surface area contributed by atoms with Crippen LogP contribution in [-0.4, -0.2) is 44.2 Å². The summed E-state index contributed by atoms with van der Waals surface area (Å²) in [6.45, 7) is 5.41. The molecule has 0 bridgehead atoms. The van der Waals surface area contributed by atoms with E-state index < -0.39 is 10.0 Å². The van der Waals surface area contributed by atoms with Crippen molar-refractivity contribution in [3.63, 3.8) is 0 Å². The summed E-state index contributed by atoms with van der Waals surface area (Å²) < 4.78 is 27.2. The Morgan fingerprint density at radius 2 is 2.00 bits per heavy atom. The summed E-state index contributed by atoms with van der Waals surface area (Å²) in [7, 11) is -3.55. The van der Waals surface area contributed by atoms with E-state index in [-0.39, 0.29) is 16.7 Å². The van der Waals surface area contributed by atoms with Crippen LogP contribution in [0.15, 0.2) is 29.2 Å². The number of hydrogen-bond donors (Lipinski definition) is 1. The van der Waals surface area contributed by atoms with Gasteiger partial charge in [0.2, 0.25) is 10.0 Å². The normalized spacial score (nSPS) is 17.1. The highest BCUT2D eigenvalue weighted by Crippen LogP contribution is 2.23. The van der Waals surface area contributed by atoms with Gasteiger partial charge in [-0.15, -0.1) is 0 Å². The molecule has 116 valence electrons. The van der Waals surface area contributed by atoms with Crippen molar-refractivity contribution in [1.82, 2.24) is 9.62 Å². The zero-order valence-corrected chi connectivity index (χ0v) is 13.3. The number of piperidine rings is 1. The Hall–Kier alpha value is -1.24. The summed E-state index contributed by atoms with van der Waals surface area (Å²) in [5, 5.41) is 3.24. The highest BCUT2D eigenvalue weighted by atomic mass is 32.2. The average molecular weight is 310 g/mol. The molecular formula is C15H22N2O3S. The van der Waals surface area contributed by atoms with E-state index in [9.17, 15) is 13.2 Å². The van der Waals surface area contributed by atoms with Crippen LogP contribution in [0.25, 0.3) is 0 Å². The molecule has 0 unspecified atom stereocenters. The zero-order valence-electron chi connectivity index (χ0n) is 12.5. The summed E-state index contributed by atoms with van der Waals surface area (Å²) in [5.74, 6) is -0.128. The Labute approximate surface area is 126 Å². The third-order valence-corrected chi connectivity index (χ3v) is 5.90. The van der Waals surface area contributed by atoms with Crippen molar-refractivity contribution < 1.29 is 13.2 Å². The van der Waals surface area contributed by atoms with Gasteiger partial charge in [0.15, 0.2) is 5.78 Å². The van der Waals surface area contributed by atoms with Gasteiger partial charge in [-0.05, 0) is 45.0 Å². The van der Waals surface area contributed by atoms with Gasteiger partial charge in [-0.2, -0.15) is 4.31 Å². The third-order valence-electron chi connectivity index (χ3n) is 3.87. The van der Waals surface area contributed by atoms with E-state index in [0.717, 1.165) is 25.9 Å². The largest absolute Gasteiger partial charge is 0.317 e. The van der Waals surface area contributed by atoms with Gasteiger partial charge in [0.25, 0.3) is 0 Å². The molecule has 0 amide bonds. The van der Waals surface area contributed by atoms with Gasteiger partial charge < -0.3 is 5.32 Å². The van der Waals surface area contributed by atoms with Crippen LogP contribution < -0.4 is 5.32 Å². The van der Waals surface area contributed by atoms with E-state index in [0.29, 0.717) is 12.1 Å². The van der Waals surface area contributed by atoms with Crippen LogP contribution in [-0.2, 0) is 10.0 Å². The van der Waals surface area contributed by atoms with Gasteiger partial charge in [-0.1, -0.05) is 19.1 Å². The predicted molar refractivity (Wildman–Crippen MR) is 81.9 cm³/mol. The second-order valence-corrected chi connectivity index (χ2v) is 7.16. The second-order valence-electron chi connectivity index (χ2n) is 5.27. The molecule has 1 aromatic rings. The van der Waals surface area contributed by atoms with Crippen LogP contribution in [0.1, 0.15) is 37.0 Å². The molecule has 0 aliphatic carbocycles. The smallest absolute Gasteiger partial charge is 0.243 e. The SMILES string of the molecule is CCN(C1CCNCC1)S(=O)(=O)c1cccc(C(C)=O)c1. The topological polar surface area (TPSA) is 66.5 Å². The number of Topliss-reactive ketones (excluding diaryl/α,β-unsaturated/α-hetero) is 1. The van der Waals surface area contributed by atoms with Crippen molar-refractivity contribution in [2.24, 2.45) is 0 Å². The molecule has 6 heteroatoms. The van der Waals surface area contributed by atoms with Crippen LogP contribution in [0.3, 0.4) is 0 Å². The first kappa shape index (κ1) is 16.1. The van der Waals surface area contributed by atoms with Crippen molar-refractivity contribution >= 4 is 15.8 Å². The van der Waals surface area contributed by atoms with Gasteiger partial charge in [0, 0.05) is 18.2 Å². The Kier molecular flexibility index (Phi) is 5.13. The van der Waals surface area contributed by atoms with E-state index >= 15 is 0 Å². The average Bonchev–Trinajstić information content (AvgIpc) is 2.49. The molecule has 1 saturated heterocycles. The Bertz CT molecular complexity index is 607. The highest BCUT2D eigenvalue weighted by Gasteiger charge is 2.31. The van der Waals surface area contributed by atoms with E-state index in [1.165, 1.54) is 13.0 Å². The first-order valence-electron chi connectivity index (χ1n) is 7.30. The van der Waals surface area contributed by atoms with Crippen LogP contribution in [0.4, 0.5) is 0 Å². The molecule has 0 spiro atoms. The van der Waals surface area contributed by atoms with Crippen molar-refractivity contribution in [3.05, 3.63) is 29.8 Å². The molecule has 1 aliphatic rings. The number of carbonyl (C=O) groups excluding carboxylic acids is 1. The summed E-state index contributed by atoms with van der Waals surface area (Å²) in [5.41, 5.74) is 0.428. The van der Waals surface area contributed by atoms with E-state index in [2.05, 4.69) is 5.32 Å². The zero-order chi connectivity index (χ0) is 15.5. The summed E-state index contributed by atoms with van der Waals surface area (Å²) in [6.07, 6.45) is 1.64. The standard InChI is InChI=1S/C15H22N2O3S/c1-3-17(14-7-9-16-10-8-14)21(19,20)15-6-4-5-13(11-15)12(2)18/h4-6,11,14,16H,3,7-10H2,1-2H3. The van der Waals surface area contributed by atoms with Gasteiger partial charge >= 0.3 is 0 Å². The lowest BCUT2D eigenvalue weighted by Crippen LogP contribution is -2.45. The molecule has 0 radical (unpaired) electrons. The number of carbonyl (C=O) groups is 1. The lowest BCUT2D eigenvalue weighted by molar-refractivity contribution is 0.101. The fourth-order valence-corrected chi connectivity index (χ4v) is 4.47. The number of nitrogens with one attached hydrogen (secondary N) is 1. The maximum Gasteiger partial charge on any atom is 0.243 e. The van der Waals surface area contributed by atoms with Crippen LogP contribution in [0.5, 0.6) is 0 Å². The minimum absolute atomic E-state index is 0.0298. The number of nitrogens with zero attached hydrogens (tertiary/aromatic N) is 1. The van der Waals surface area contributed by atoms with Crippen molar-refractivity contribution in [1.29, 1.82) is 0 Å². The quantitative estimate of drug-likeness (QED) is 0.840. The second kappa shape index (κ2) is 6.68. The number of rotatable bonds is 5. The molecule has 5 nitrogen and oxygen atoms in total. The predicted octanol–water partition coefficient (Wildman–Crippen LogP) is 1.65. The number of sulfonamides is 1. The van der Waals surface area contributed by atoms with Gasteiger partial charge in [-0.3, -0.25) is 4.79 Å². The molecule has 21 heavy (non-hydrogen) atoms. The lowest BCUT2D eigenvalue weighted by atomic mass is 10.1. The van der Waals surface area contributed by atoms with Gasteiger partial charge in [0.1, 0.15) is 0 Å². The first-order chi connectivity index (χ1) is 9.96. The summed E-state index contributed by atoms with van der Waals surface area (Å²) in [6, 6.07) is 6.33. The molecule has 1 fully saturated rings. The molecule has 1 N–H and O–H groups in total. The number of benzene rings is 1. The van der Waals surface area contributed by atoms with E-state index in [1.54, 1.807) is 22.5 Å². The molecular weight excluding hydrogens is 288 g/mol. The van der Waals surface area contributed by atoms with E-state index in [1.807, 2.05) is 6.92 Å². The fourth-order valence-electron chi connectivity index (χ4n) is 2.73. The number of hydrogen-bond acceptors (Lipinski definition) is 4. The van der Waals surface area contributed by atoms with Crippen LogP contribution in [0.2, 0.25) is 0 Å². The lowest BCUT2D eigenvalue weighted by Gasteiger charge is -2.33. The molecule has 0 aromatic heterocycles. The van der Waals surface area contributed by atoms with Crippen molar-refractivity contribution in [3.8, 4) is 0 Å². The molecule has 1 heterocycles. The number of ketones is 1. The van der Waals surface area contributed by atoms with E-state index in [4.69, 9.17) is 0 Å². The third kappa shape index (κ3) is 3.51. The van der Waals surface area contributed by atoms with Crippen molar-refractivity contribution in [2.75, 3.05) is 19.6 Å². The van der Waals surface area contributed by atoms with Gasteiger partial charge in [0.05, 0.1) is 4.90 Å². The Balaban J connectivity index is 2.34. The molecule has 0 atom stereocenters. The Morgan fingerprint density at radius 3 is 2.57 bits per heavy atom. The first-order valence-corrected chi connectivity index (χ1v) is 8.74. The van der Waals surface area contributed by atoms with Crippen LogP contribution in [0, 0.1) is 0 Å². The van der Waals surface area contributed by atoms with Crippen molar-refractivity contribution in [2.45, 2.75) is 37.6 Å². The maximum absolute atomic E-state index is 12.8. The van der Waals surface area contributed by atoms with Crippen LogP contribution >= 0.6 is 0 Å². The van der Waals surface area contributed by atoms with Gasteiger partial charge in [-0.25, -0.2) is 8.42 Å². The highest BCUT2D eigenvalue weighted by molar-refractivity contribution is 7.89. The molecule has 1 aromatic carbocycles. The minimum atomic E-state index is -3.55. The fraction of sp³-hybridized carbons (Fsp3) is 0.533. The minimum Gasteiger partial charge on any atom is -0.317 e. The summed E-state index contributed by atoms with van der Waals surface area (Å²) >= 11 is 0. The molecule has 0 saturated carbocycles. The maximum atomic E-state index is 12.8.